The zero-order valence-electron chi connectivity index (χ0n) is 16.9. The Morgan fingerprint density at radius 3 is 2.22 bits per heavy atom. The molecule has 11 heteroatoms. The van der Waals surface area contributed by atoms with Crippen LogP contribution in [0.15, 0.2) is 48.7 Å². The summed E-state index contributed by atoms with van der Waals surface area (Å²) in [6.07, 6.45) is 1.42. The number of rotatable bonds is 7. The first-order valence-corrected chi connectivity index (χ1v) is 9.05. The fraction of sp³-hybridized carbons (Fsp3) is 0.143. The zero-order valence-corrected chi connectivity index (χ0v) is 16.9. The summed E-state index contributed by atoms with van der Waals surface area (Å²) in [5.74, 6) is -3.85. The maximum atomic E-state index is 13.6. The molecule has 0 spiro atoms. The van der Waals surface area contributed by atoms with Crippen LogP contribution in [0.25, 0.3) is 0 Å². The van der Waals surface area contributed by atoms with E-state index in [9.17, 15) is 23.2 Å². The van der Waals surface area contributed by atoms with Crippen LogP contribution in [0, 0.1) is 11.6 Å². The van der Waals surface area contributed by atoms with Gasteiger partial charge >= 0.3 is 11.9 Å². The molecule has 0 fully saturated rings. The van der Waals surface area contributed by atoms with Crippen molar-refractivity contribution >= 4 is 23.5 Å². The average molecular weight is 445 g/mol. The van der Waals surface area contributed by atoms with E-state index in [1.165, 1.54) is 49.4 Å². The fourth-order valence-corrected chi connectivity index (χ4v) is 2.65. The minimum Gasteiger partial charge on any atom is -0.468 e. The van der Waals surface area contributed by atoms with E-state index in [2.05, 4.69) is 19.9 Å². The second-order valence-electron chi connectivity index (χ2n) is 6.32. The largest absolute Gasteiger partial charge is 0.468 e. The molecule has 166 valence electrons. The highest BCUT2D eigenvalue weighted by atomic mass is 19.1. The number of esters is 2. The van der Waals surface area contributed by atoms with Gasteiger partial charge in [0.15, 0.2) is 24.0 Å². The van der Waals surface area contributed by atoms with Gasteiger partial charge in [-0.05, 0) is 36.4 Å². The molecule has 0 aliphatic carbocycles. The van der Waals surface area contributed by atoms with E-state index < -0.39 is 29.5 Å². The molecule has 1 N–H and O–H groups in total. The number of carbonyl (C=O) groups excluding carboxylic acids is 3. The van der Waals surface area contributed by atoms with Crippen LogP contribution in [0.4, 0.5) is 14.5 Å². The highest BCUT2D eigenvalue weighted by Gasteiger charge is 2.17. The summed E-state index contributed by atoms with van der Waals surface area (Å²) in [7, 11) is 2.36. The summed E-state index contributed by atoms with van der Waals surface area (Å²) < 4.78 is 42.3. The number of carbonyl (C=O) groups is 3. The van der Waals surface area contributed by atoms with Crippen molar-refractivity contribution in [1.82, 2.24) is 9.78 Å². The molecule has 0 aliphatic rings. The second-order valence-corrected chi connectivity index (χ2v) is 6.32. The number of nitrogens with zero attached hydrogens (tertiary/aromatic N) is 2. The van der Waals surface area contributed by atoms with Gasteiger partial charge in [0.25, 0.3) is 5.91 Å². The standard InChI is InChI=1S/C21H17F2N3O6/c1-30-20(28)12-7-13(21(29)31-2)9-15(8-12)24-19(27)17-5-6-26(25-17)11-32-18-4-3-14(22)10-16(18)23/h3-10H,11H2,1-2H3,(H,24,27). The molecular formula is C21H17F2N3O6. The Bertz CT molecular complexity index is 1140. The third kappa shape index (κ3) is 5.25. The van der Waals surface area contributed by atoms with Gasteiger partial charge in [-0.1, -0.05) is 0 Å². The summed E-state index contributed by atoms with van der Waals surface area (Å²) >= 11 is 0. The molecule has 1 amide bonds. The number of aromatic nitrogens is 2. The molecule has 0 saturated carbocycles. The predicted octanol–water partition coefficient (Wildman–Crippen LogP) is 3.02. The van der Waals surface area contributed by atoms with E-state index in [4.69, 9.17) is 4.74 Å². The SMILES string of the molecule is COC(=O)c1cc(NC(=O)c2ccn(COc3ccc(F)cc3F)n2)cc(C(=O)OC)c1. The highest BCUT2D eigenvalue weighted by molar-refractivity contribution is 6.04. The minimum atomic E-state index is -0.873. The lowest BCUT2D eigenvalue weighted by Gasteiger charge is -2.09. The van der Waals surface area contributed by atoms with Crippen LogP contribution in [0.5, 0.6) is 5.75 Å². The molecule has 2 aromatic carbocycles. The summed E-state index contributed by atoms with van der Waals surface area (Å²) in [4.78, 5) is 36.2. The maximum Gasteiger partial charge on any atom is 0.337 e. The van der Waals surface area contributed by atoms with Crippen LogP contribution in [-0.2, 0) is 16.2 Å². The van der Waals surface area contributed by atoms with Crippen LogP contribution in [0.1, 0.15) is 31.2 Å². The van der Waals surface area contributed by atoms with Crippen LogP contribution in [0.3, 0.4) is 0 Å². The average Bonchev–Trinajstić information content (AvgIpc) is 3.26. The number of benzene rings is 2. The normalized spacial score (nSPS) is 10.4. The molecule has 0 unspecified atom stereocenters. The van der Waals surface area contributed by atoms with E-state index in [-0.39, 0.29) is 35.0 Å². The van der Waals surface area contributed by atoms with Gasteiger partial charge in [0, 0.05) is 18.0 Å². The molecular weight excluding hydrogens is 428 g/mol. The van der Waals surface area contributed by atoms with Crippen LogP contribution in [0.2, 0.25) is 0 Å². The van der Waals surface area contributed by atoms with Gasteiger partial charge < -0.3 is 19.5 Å². The first-order valence-electron chi connectivity index (χ1n) is 9.05. The molecule has 0 atom stereocenters. The summed E-state index contributed by atoms with van der Waals surface area (Å²) in [6, 6.07) is 8.17. The van der Waals surface area contributed by atoms with Crippen molar-refractivity contribution in [2.75, 3.05) is 19.5 Å². The maximum absolute atomic E-state index is 13.6. The lowest BCUT2D eigenvalue weighted by atomic mass is 10.1. The Kier molecular flexibility index (Phi) is 6.78. The summed E-state index contributed by atoms with van der Waals surface area (Å²) in [6.45, 7) is -0.236. The van der Waals surface area contributed by atoms with Crippen molar-refractivity contribution in [2.45, 2.75) is 6.73 Å². The second kappa shape index (κ2) is 9.69. The summed E-state index contributed by atoms with van der Waals surface area (Å²) in [5, 5.41) is 6.54. The number of hydrogen-bond acceptors (Lipinski definition) is 7. The van der Waals surface area contributed by atoms with E-state index >= 15 is 0 Å². The minimum absolute atomic E-state index is 0.0173. The van der Waals surface area contributed by atoms with Gasteiger partial charge in [0.1, 0.15) is 5.82 Å². The van der Waals surface area contributed by atoms with Crippen molar-refractivity contribution in [3.05, 3.63) is 77.1 Å². The van der Waals surface area contributed by atoms with Crippen molar-refractivity contribution in [1.29, 1.82) is 0 Å². The van der Waals surface area contributed by atoms with Gasteiger partial charge in [-0.3, -0.25) is 4.79 Å². The Hall–Kier alpha value is -4.28. The topological polar surface area (TPSA) is 109 Å². The molecule has 0 bridgehead atoms. The quantitative estimate of drug-likeness (QED) is 0.557. The molecule has 1 aromatic heterocycles. The fourth-order valence-electron chi connectivity index (χ4n) is 2.65. The van der Waals surface area contributed by atoms with E-state index in [1.54, 1.807) is 0 Å². The van der Waals surface area contributed by atoms with Gasteiger partial charge in [0.2, 0.25) is 0 Å². The molecule has 3 aromatic rings. The number of nitrogens with one attached hydrogen (secondary N) is 1. The molecule has 9 nitrogen and oxygen atoms in total. The Labute approximate surface area is 180 Å². The van der Waals surface area contributed by atoms with Gasteiger partial charge in [-0.25, -0.2) is 23.1 Å². The van der Waals surface area contributed by atoms with Gasteiger partial charge in [0.05, 0.1) is 25.3 Å². The van der Waals surface area contributed by atoms with E-state index in [1.807, 2.05) is 0 Å². The Morgan fingerprint density at radius 2 is 1.62 bits per heavy atom. The Balaban J connectivity index is 1.73. The van der Waals surface area contributed by atoms with E-state index in [0.29, 0.717) is 6.07 Å². The number of hydrogen-bond donors (Lipinski definition) is 1. The molecule has 1 heterocycles. The smallest absolute Gasteiger partial charge is 0.337 e. The molecule has 32 heavy (non-hydrogen) atoms. The lowest BCUT2D eigenvalue weighted by molar-refractivity contribution is 0.0599. The third-order valence-electron chi connectivity index (χ3n) is 4.15. The number of anilines is 1. The summed E-state index contributed by atoms with van der Waals surface area (Å²) in [5.41, 5.74) is 0.186. The number of halogens is 2. The molecule has 3 rings (SSSR count). The third-order valence-corrected chi connectivity index (χ3v) is 4.15. The van der Waals surface area contributed by atoms with Crippen LogP contribution >= 0.6 is 0 Å². The zero-order chi connectivity index (χ0) is 23.3. The van der Waals surface area contributed by atoms with Crippen molar-refractivity contribution in [3.63, 3.8) is 0 Å². The van der Waals surface area contributed by atoms with Crippen LogP contribution in [-0.4, -0.2) is 41.8 Å². The number of methoxy groups -OCH3 is 2. The monoisotopic (exact) mass is 445 g/mol. The molecule has 0 saturated heterocycles. The predicted molar refractivity (Wildman–Crippen MR) is 106 cm³/mol. The van der Waals surface area contributed by atoms with Gasteiger partial charge in [-0.2, -0.15) is 5.10 Å². The Morgan fingerprint density at radius 1 is 0.969 bits per heavy atom. The van der Waals surface area contributed by atoms with E-state index in [0.717, 1.165) is 12.1 Å². The van der Waals surface area contributed by atoms with Gasteiger partial charge in [-0.15, -0.1) is 0 Å². The number of ether oxygens (including phenoxy) is 3. The van der Waals surface area contributed by atoms with Crippen molar-refractivity contribution in [2.24, 2.45) is 0 Å². The molecule has 0 radical (unpaired) electrons. The van der Waals surface area contributed by atoms with Crippen molar-refractivity contribution in [3.8, 4) is 5.75 Å². The van der Waals surface area contributed by atoms with Crippen molar-refractivity contribution < 1.29 is 37.4 Å². The number of amides is 1. The lowest BCUT2D eigenvalue weighted by Crippen LogP contribution is -2.16. The first-order chi connectivity index (χ1) is 15.3. The first kappa shape index (κ1) is 22.4. The van der Waals surface area contributed by atoms with Crippen LogP contribution < -0.4 is 10.1 Å². The molecule has 0 aliphatic heterocycles. The highest BCUT2D eigenvalue weighted by Crippen LogP contribution is 2.19.